The number of hydrogen-bond donors (Lipinski definition) is 3. The fourth-order valence-corrected chi connectivity index (χ4v) is 2.86. The van der Waals surface area contributed by atoms with Gasteiger partial charge in [0.25, 0.3) is 5.91 Å². The summed E-state index contributed by atoms with van der Waals surface area (Å²) in [5.41, 5.74) is 2.45. The standard InChI is InChI=1S/C13H12N4O2S/c1-6-11(20-7(2)14-6)12(18)15-8-3-4-9-10(5-8)17-13(19)16-9/h3-5H,1-2H3,(H,15,18)(H2,16,17,19). The topological polar surface area (TPSA) is 90.6 Å². The molecule has 0 radical (unpaired) electrons. The maximum atomic E-state index is 12.2. The number of aryl methyl sites for hydroxylation is 2. The van der Waals surface area contributed by atoms with Gasteiger partial charge in [0, 0.05) is 5.69 Å². The Labute approximate surface area is 117 Å². The van der Waals surface area contributed by atoms with Crippen molar-refractivity contribution in [3.63, 3.8) is 0 Å². The Morgan fingerprint density at radius 2 is 2.00 bits per heavy atom. The van der Waals surface area contributed by atoms with Crippen molar-refractivity contribution < 1.29 is 4.79 Å². The molecule has 1 aromatic carbocycles. The lowest BCUT2D eigenvalue weighted by molar-refractivity contribution is 0.103. The van der Waals surface area contributed by atoms with Crippen LogP contribution in [-0.4, -0.2) is 20.9 Å². The van der Waals surface area contributed by atoms with Crippen LogP contribution in [0.2, 0.25) is 0 Å². The van der Waals surface area contributed by atoms with Crippen LogP contribution < -0.4 is 11.0 Å². The Hall–Kier alpha value is -2.41. The molecule has 0 saturated carbocycles. The zero-order valence-electron chi connectivity index (χ0n) is 10.9. The van der Waals surface area contributed by atoms with Gasteiger partial charge >= 0.3 is 5.69 Å². The molecule has 102 valence electrons. The van der Waals surface area contributed by atoms with Crippen LogP contribution in [0.3, 0.4) is 0 Å². The Bertz CT molecular complexity index is 859. The molecule has 1 amide bonds. The third kappa shape index (κ3) is 2.23. The predicted molar refractivity (Wildman–Crippen MR) is 78.5 cm³/mol. The van der Waals surface area contributed by atoms with Crippen LogP contribution in [0.5, 0.6) is 0 Å². The van der Waals surface area contributed by atoms with E-state index >= 15 is 0 Å². The molecule has 0 fully saturated rings. The smallest absolute Gasteiger partial charge is 0.321 e. The number of imidazole rings is 1. The maximum absolute atomic E-state index is 12.2. The number of rotatable bonds is 2. The Morgan fingerprint density at radius 1 is 1.25 bits per heavy atom. The van der Waals surface area contributed by atoms with Crippen LogP contribution >= 0.6 is 11.3 Å². The summed E-state index contributed by atoms with van der Waals surface area (Å²) >= 11 is 1.36. The highest BCUT2D eigenvalue weighted by Gasteiger charge is 2.14. The molecule has 0 atom stereocenters. The highest BCUT2D eigenvalue weighted by molar-refractivity contribution is 7.13. The highest BCUT2D eigenvalue weighted by Crippen LogP contribution is 2.20. The van der Waals surface area contributed by atoms with Gasteiger partial charge in [-0.25, -0.2) is 9.78 Å². The van der Waals surface area contributed by atoms with Crippen LogP contribution in [-0.2, 0) is 0 Å². The van der Waals surface area contributed by atoms with Gasteiger partial charge in [-0.2, -0.15) is 0 Å². The second kappa shape index (κ2) is 4.61. The summed E-state index contributed by atoms with van der Waals surface area (Å²) in [4.78, 5) is 33.5. The summed E-state index contributed by atoms with van der Waals surface area (Å²) in [7, 11) is 0. The van der Waals surface area contributed by atoms with Gasteiger partial charge in [-0.3, -0.25) is 4.79 Å². The quantitative estimate of drug-likeness (QED) is 0.675. The zero-order valence-corrected chi connectivity index (χ0v) is 11.7. The largest absolute Gasteiger partial charge is 0.323 e. The zero-order chi connectivity index (χ0) is 14.3. The molecular weight excluding hydrogens is 276 g/mol. The summed E-state index contributed by atoms with van der Waals surface area (Å²) in [6, 6.07) is 5.20. The monoisotopic (exact) mass is 288 g/mol. The predicted octanol–water partition coefficient (Wildman–Crippen LogP) is 2.18. The van der Waals surface area contributed by atoms with Crippen molar-refractivity contribution in [2.75, 3.05) is 5.32 Å². The lowest BCUT2D eigenvalue weighted by Crippen LogP contribution is -2.11. The number of carbonyl (C=O) groups excluding carboxylic acids is 1. The lowest BCUT2D eigenvalue weighted by Gasteiger charge is -2.03. The van der Waals surface area contributed by atoms with E-state index in [0.717, 1.165) is 10.7 Å². The fraction of sp³-hybridized carbons (Fsp3) is 0.154. The van der Waals surface area contributed by atoms with Gasteiger partial charge < -0.3 is 15.3 Å². The van der Waals surface area contributed by atoms with E-state index in [1.165, 1.54) is 11.3 Å². The number of anilines is 1. The van der Waals surface area contributed by atoms with E-state index in [4.69, 9.17) is 0 Å². The first-order chi connectivity index (χ1) is 9.52. The third-order valence-corrected chi connectivity index (χ3v) is 3.96. The molecule has 3 rings (SSSR count). The number of benzene rings is 1. The number of nitrogens with zero attached hydrogens (tertiary/aromatic N) is 1. The van der Waals surface area contributed by atoms with E-state index in [-0.39, 0.29) is 11.6 Å². The Morgan fingerprint density at radius 3 is 2.70 bits per heavy atom. The number of H-pyrrole nitrogens is 2. The summed E-state index contributed by atoms with van der Waals surface area (Å²) in [6.07, 6.45) is 0. The van der Waals surface area contributed by atoms with Crippen LogP contribution in [0.1, 0.15) is 20.4 Å². The number of aromatic nitrogens is 3. The summed E-state index contributed by atoms with van der Waals surface area (Å²) < 4.78 is 0. The molecule has 2 heterocycles. The van der Waals surface area contributed by atoms with Crippen LogP contribution in [0.25, 0.3) is 11.0 Å². The average Bonchev–Trinajstić information content (AvgIpc) is 2.90. The SMILES string of the molecule is Cc1nc(C)c(C(=O)Nc2ccc3[nH]c(=O)[nH]c3c2)s1. The number of aromatic amines is 2. The second-order valence-corrected chi connectivity index (χ2v) is 5.64. The first kappa shape index (κ1) is 12.6. The molecule has 0 unspecified atom stereocenters. The molecule has 0 aliphatic heterocycles. The minimum Gasteiger partial charge on any atom is -0.321 e. The molecule has 0 aliphatic carbocycles. The molecule has 0 saturated heterocycles. The van der Waals surface area contributed by atoms with Gasteiger partial charge in [-0.05, 0) is 32.0 Å². The molecule has 0 bridgehead atoms. The van der Waals surface area contributed by atoms with Crippen molar-refractivity contribution >= 4 is 34.0 Å². The molecule has 6 nitrogen and oxygen atoms in total. The first-order valence-electron chi connectivity index (χ1n) is 6.00. The minimum atomic E-state index is -0.266. The van der Waals surface area contributed by atoms with Gasteiger partial charge in [-0.15, -0.1) is 11.3 Å². The van der Waals surface area contributed by atoms with Gasteiger partial charge in [0.15, 0.2) is 0 Å². The van der Waals surface area contributed by atoms with E-state index in [0.29, 0.717) is 21.6 Å². The maximum Gasteiger partial charge on any atom is 0.323 e. The number of thiazole rings is 1. The minimum absolute atomic E-state index is 0.190. The Balaban J connectivity index is 1.90. The highest BCUT2D eigenvalue weighted by atomic mass is 32.1. The van der Waals surface area contributed by atoms with Crippen LogP contribution in [0, 0.1) is 13.8 Å². The number of amides is 1. The average molecular weight is 288 g/mol. The van der Waals surface area contributed by atoms with Crippen molar-refractivity contribution in [3.8, 4) is 0 Å². The summed E-state index contributed by atoms with van der Waals surface area (Å²) in [5, 5.41) is 3.67. The van der Waals surface area contributed by atoms with Crippen molar-refractivity contribution in [1.82, 2.24) is 15.0 Å². The van der Waals surface area contributed by atoms with E-state index in [2.05, 4.69) is 20.3 Å². The normalized spacial score (nSPS) is 10.9. The van der Waals surface area contributed by atoms with Crippen LogP contribution in [0.4, 0.5) is 5.69 Å². The van der Waals surface area contributed by atoms with E-state index < -0.39 is 0 Å². The van der Waals surface area contributed by atoms with Gasteiger partial charge in [-0.1, -0.05) is 0 Å². The molecule has 0 spiro atoms. The van der Waals surface area contributed by atoms with Crippen molar-refractivity contribution in [3.05, 3.63) is 44.3 Å². The van der Waals surface area contributed by atoms with Crippen molar-refractivity contribution in [2.24, 2.45) is 0 Å². The molecular formula is C13H12N4O2S. The Kier molecular flexibility index (Phi) is 2.90. The van der Waals surface area contributed by atoms with E-state index in [9.17, 15) is 9.59 Å². The van der Waals surface area contributed by atoms with Crippen molar-refractivity contribution in [2.45, 2.75) is 13.8 Å². The summed E-state index contributed by atoms with van der Waals surface area (Å²) in [5.74, 6) is -0.190. The second-order valence-electron chi connectivity index (χ2n) is 4.44. The van der Waals surface area contributed by atoms with Crippen molar-refractivity contribution in [1.29, 1.82) is 0 Å². The molecule has 3 aromatic rings. The van der Waals surface area contributed by atoms with Gasteiger partial charge in [0.05, 0.1) is 21.7 Å². The first-order valence-corrected chi connectivity index (χ1v) is 6.82. The number of nitrogens with one attached hydrogen (secondary N) is 3. The molecule has 3 N–H and O–H groups in total. The number of fused-ring (bicyclic) bond motifs is 1. The molecule has 2 aromatic heterocycles. The molecule has 0 aliphatic rings. The summed E-state index contributed by atoms with van der Waals surface area (Å²) in [6.45, 7) is 3.68. The van der Waals surface area contributed by atoms with E-state index in [1.807, 2.05) is 13.8 Å². The van der Waals surface area contributed by atoms with Gasteiger partial charge in [0.2, 0.25) is 0 Å². The van der Waals surface area contributed by atoms with E-state index in [1.54, 1.807) is 18.2 Å². The number of hydrogen-bond acceptors (Lipinski definition) is 4. The van der Waals surface area contributed by atoms with Gasteiger partial charge in [0.1, 0.15) is 4.88 Å². The number of carbonyl (C=O) groups is 1. The fourth-order valence-electron chi connectivity index (χ4n) is 2.04. The molecule has 20 heavy (non-hydrogen) atoms. The van der Waals surface area contributed by atoms with Crippen LogP contribution in [0.15, 0.2) is 23.0 Å². The third-order valence-electron chi connectivity index (χ3n) is 2.88. The molecule has 7 heteroatoms. The lowest BCUT2D eigenvalue weighted by atomic mass is 10.2.